The van der Waals surface area contributed by atoms with Gasteiger partial charge in [-0.1, -0.05) is 60.1 Å². The van der Waals surface area contributed by atoms with Crippen molar-refractivity contribution in [2.24, 2.45) is 5.10 Å². The third-order valence-corrected chi connectivity index (χ3v) is 5.08. The highest BCUT2D eigenvalue weighted by molar-refractivity contribution is 6.30. The number of benzene rings is 3. The average molecular weight is 460 g/mol. The van der Waals surface area contributed by atoms with Gasteiger partial charge in [-0.3, -0.25) is 14.4 Å². The van der Waals surface area contributed by atoms with Crippen molar-refractivity contribution in [1.29, 1.82) is 0 Å². The van der Waals surface area contributed by atoms with Crippen LogP contribution in [0.2, 0.25) is 5.02 Å². The molecule has 164 valence electrons. The molecular weight excluding hydrogens is 442 g/mol. The number of nitrogens with one attached hydrogen (secondary N) is 3. The standard InChI is InChI=1S/C24H18ClN5O3/c25-17-12-10-15(11-13-17)14-26-29-24(33)21(27-22(31)16-6-2-1-3-7-16)20-18-8-4-5-9-19(18)23(32)30-28-20/h1-14,21H,(H,27,31)(H,29,33)(H,30,32)/b26-14+. The number of hydrazone groups is 1. The van der Waals surface area contributed by atoms with Gasteiger partial charge >= 0.3 is 0 Å². The molecule has 1 aromatic heterocycles. The number of H-pyrrole nitrogens is 1. The zero-order valence-corrected chi connectivity index (χ0v) is 17.9. The summed E-state index contributed by atoms with van der Waals surface area (Å²) in [6.07, 6.45) is 1.45. The molecule has 0 aliphatic heterocycles. The lowest BCUT2D eigenvalue weighted by Gasteiger charge is -2.18. The van der Waals surface area contributed by atoms with E-state index in [0.717, 1.165) is 5.56 Å². The molecule has 4 aromatic rings. The molecule has 2 amide bonds. The molecule has 4 rings (SSSR count). The van der Waals surface area contributed by atoms with Crippen LogP contribution in [0.25, 0.3) is 10.8 Å². The molecule has 8 nitrogen and oxygen atoms in total. The van der Waals surface area contributed by atoms with Gasteiger partial charge in [-0.25, -0.2) is 10.5 Å². The van der Waals surface area contributed by atoms with Crippen LogP contribution in [0.4, 0.5) is 0 Å². The Bertz CT molecular complexity index is 1380. The number of amides is 2. The second-order valence-electron chi connectivity index (χ2n) is 7.04. The number of aromatic nitrogens is 2. The molecule has 9 heteroatoms. The van der Waals surface area contributed by atoms with Gasteiger partial charge in [-0.2, -0.15) is 10.2 Å². The summed E-state index contributed by atoms with van der Waals surface area (Å²) >= 11 is 5.88. The molecule has 0 fully saturated rings. The van der Waals surface area contributed by atoms with Crippen molar-refractivity contribution in [3.8, 4) is 0 Å². The summed E-state index contributed by atoms with van der Waals surface area (Å²) in [5, 5.41) is 14.5. The number of nitrogens with zero attached hydrogens (tertiary/aromatic N) is 2. The number of rotatable bonds is 6. The number of hydrogen-bond acceptors (Lipinski definition) is 5. The van der Waals surface area contributed by atoms with Crippen molar-refractivity contribution in [1.82, 2.24) is 20.9 Å². The van der Waals surface area contributed by atoms with E-state index in [4.69, 9.17) is 11.6 Å². The lowest BCUT2D eigenvalue weighted by molar-refractivity contribution is -0.123. The van der Waals surface area contributed by atoms with Crippen molar-refractivity contribution in [3.63, 3.8) is 0 Å². The number of fused-ring (bicyclic) bond motifs is 1. The summed E-state index contributed by atoms with van der Waals surface area (Å²) in [5.74, 6) is -1.11. The predicted molar refractivity (Wildman–Crippen MR) is 126 cm³/mol. The maximum absolute atomic E-state index is 13.1. The molecule has 3 N–H and O–H groups in total. The Morgan fingerprint density at radius 2 is 1.61 bits per heavy atom. The second kappa shape index (κ2) is 9.88. The molecule has 0 aliphatic rings. The zero-order valence-electron chi connectivity index (χ0n) is 17.2. The minimum atomic E-state index is -1.22. The highest BCUT2D eigenvalue weighted by atomic mass is 35.5. The molecular formula is C24H18ClN5O3. The van der Waals surface area contributed by atoms with Crippen LogP contribution in [-0.4, -0.2) is 28.2 Å². The smallest absolute Gasteiger partial charge is 0.272 e. The molecule has 33 heavy (non-hydrogen) atoms. The van der Waals surface area contributed by atoms with E-state index < -0.39 is 23.4 Å². The Hall–Kier alpha value is -4.30. The van der Waals surface area contributed by atoms with Crippen LogP contribution in [0.15, 0.2) is 88.8 Å². The van der Waals surface area contributed by atoms with Gasteiger partial charge in [0, 0.05) is 16.0 Å². The topological polar surface area (TPSA) is 116 Å². The molecule has 3 aromatic carbocycles. The van der Waals surface area contributed by atoms with Crippen LogP contribution in [-0.2, 0) is 4.79 Å². The van der Waals surface area contributed by atoms with Crippen molar-refractivity contribution in [3.05, 3.63) is 111 Å². The highest BCUT2D eigenvalue weighted by Gasteiger charge is 2.27. The summed E-state index contributed by atoms with van der Waals surface area (Å²) in [4.78, 5) is 38.1. The third-order valence-electron chi connectivity index (χ3n) is 4.83. The van der Waals surface area contributed by atoms with Crippen LogP contribution >= 0.6 is 11.6 Å². The van der Waals surface area contributed by atoms with Crippen LogP contribution in [0, 0.1) is 0 Å². The summed E-state index contributed by atoms with van der Waals surface area (Å²) in [7, 11) is 0. The first kappa shape index (κ1) is 21.9. The van der Waals surface area contributed by atoms with Crippen LogP contribution < -0.4 is 16.3 Å². The van der Waals surface area contributed by atoms with E-state index in [1.54, 1.807) is 78.9 Å². The van der Waals surface area contributed by atoms with Crippen LogP contribution in [0.1, 0.15) is 27.7 Å². The first-order valence-electron chi connectivity index (χ1n) is 9.94. The summed E-state index contributed by atoms with van der Waals surface area (Å²) < 4.78 is 0. The highest BCUT2D eigenvalue weighted by Crippen LogP contribution is 2.20. The lowest BCUT2D eigenvalue weighted by Crippen LogP contribution is -2.40. The normalized spacial score (nSPS) is 11.9. The molecule has 0 aliphatic carbocycles. The SMILES string of the molecule is O=C(NC(C(=O)N/N=C/c1ccc(Cl)cc1)c1n[nH]c(=O)c2ccccc12)c1ccccc1. The van der Waals surface area contributed by atoms with Gasteiger partial charge in [0.1, 0.15) is 5.69 Å². The predicted octanol–water partition coefficient (Wildman–Crippen LogP) is 3.20. The lowest BCUT2D eigenvalue weighted by atomic mass is 10.0. The maximum atomic E-state index is 13.1. The monoisotopic (exact) mass is 459 g/mol. The van der Waals surface area contributed by atoms with Gasteiger partial charge in [0.05, 0.1) is 11.6 Å². The number of carbonyl (C=O) groups excluding carboxylic acids is 2. The number of aromatic amines is 1. The second-order valence-corrected chi connectivity index (χ2v) is 7.48. The van der Waals surface area contributed by atoms with Crippen molar-refractivity contribution in [2.75, 3.05) is 0 Å². The number of hydrogen-bond donors (Lipinski definition) is 3. The molecule has 0 saturated carbocycles. The largest absolute Gasteiger partial charge is 0.335 e. The fourth-order valence-corrected chi connectivity index (χ4v) is 3.33. The van der Waals surface area contributed by atoms with Gasteiger partial charge < -0.3 is 5.32 Å². The number of halogens is 1. The van der Waals surface area contributed by atoms with E-state index in [1.165, 1.54) is 6.21 Å². The van der Waals surface area contributed by atoms with Crippen molar-refractivity contribution >= 4 is 40.4 Å². The van der Waals surface area contributed by atoms with Gasteiger partial charge in [0.15, 0.2) is 6.04 Å². The summed E-state index contributed by atoms with van der Waals surface area (Å²) in [5.41, 5.74) is 3.31. The molecule has 0 bridgehead atoms. The Labute approximate surface area is 193 Å². The third kappa shape index (κ3) is 5.13. The molecule has 1 unspecified atom stereocenters. The van der Waals surface area contributed by atoms with E-state index in [9.17, 15) is 14.4 Å². The minimum absolute atomic E-state index is 0.189. The first-order valence-corrected chi connectivity index (χ1v) is 10.3. The quantitative estimate of drug-likeness (QED) is 0.303. The summed E-state index contributed by atoms with van der Waals surface area (Å²) in [6, 6.07) is 20.8. The molecule has 0 saturated heterocycles. The van der Waals surface area contributed by atoms with E-state index in [-0.39, 0.29) is 5.69 Å². The van der Waals surface area contributed by atoms with E-state index in [1.807, 2.05) is 0 Å². The fourth-order valence-electron chi connectivity index (χ4n) is 3.20. The molecule has 0 radical (unpaired) electrons. The first-order chi connectivity index (χ1) is 16.0. The van der Waals surface area contributed by atoms with E-state index in [0.29, 0.717) is 21.4 Å². The van der Waals surface area contributed by atoms with Crippen molar-refractivity contribution in [2.45, 2.75) is 6.04 Å². The van der Waals surface area contributed by atoms with Gasteiger partial charge in [-0.15, -0.1) is 0 Å². The van der Waals surface area contributed by atoms with E-state index in [2.05, 4.69) is 26.0 Å². The Morgan fingerprint density at radius 3 is 2.33 bits per heavy atom. The van der Waals surface area contributed by atoms with Crippen molar-refractivity contribution < 1.29 is 9.59 Å². The minimum Gasteiger partial charge on any atom is -0.335 e. The fraction of sp³-hybridized carbons (Fsp3) is 0.0417. The Morgan fingerprint density at radius 1 is 0.939 bits per heavy atom. The van der Waals surface area contributed by atoms with Gasteiger partial charge in [0.2, 0.25) is 0 Å². The zero-order chi connectivity index (χ0) is 23.2. The Balaban J connectivity index is 1.66. The van der Waals surface area contributed by atoms with E-state index >= 15 is 0 Å². The molecule has 1 atom stereocenters. The maximum Gasteiger partial charge on any atom is 0.272 e. The summed E-state index contributed by atoms with van der Waals surface area (Å²) in [6.45, 7) is 0. The van der Waals surface area contributed by atoms with Crippen LogP contribution in [0.3, 0.4) is 0 Å². The average Bonchev–Trinajstić information content (AvgIpc) is 2.85. The molecule has 0 spiro atoms. The molecule has 1 heterocycles. The van der Waals surface area contributed by atoms with Gasteiger partial charge in [0.25, 0.3) is 17.4 Å². The van der Waals surface area contributed by atoms with Crippen LogP contribution in [0.5, 0.6) is 0 Å². The van der Waals surface area contributed by atoms with Gasteiger partial charge in [-0.05, 0) is 35.9 Å². The Kier molecular flexibility index (Phi) is 6.56. The number of carbonyl (C=O) groups is 2.